The molecule has 2 amide bonds. The molecular weight excluding hydrogens is 438 g/mol. The third-order valence-corrected chi connectivity index (χ3v) is 8.23. The lowest BCUT2D eigenvalue weighted by atomic mass is 9.63. The van der Waals surface area contributed by atoms with Crippen LogP contribution in [0.25, 0.3) is 11.1 Å². The highest BCUT2D eigenvalue weighted by Crippen LogP contribution is 2.73. The maximum absolute atomic E-state index is 14.3. The fourth-order valence-corrected chi connectivity index (χ4v) is 6.86. The summed E-state index contributed by atoms with van der Waals surface area (Å²) in [7, 11) is 1.52. The number of fused-ring (bicyclic) bond motifs is 5. The molecule has 4 atom stereocenters. The number of allylic oxidation sites excluding steroid dienone is 2. The summed E-state index contributed by atoms with van der Waals surface area (Å²) in [6.07, 6.45) is 0. The first-order chi connectivity index (χ1) is 16.9. The smallest absolute Gasteiger partial charge is 0.239 e. The van der Waals surface area contributed by atoms with Crippen molar-refractivity contribution in [2.75, 3.05) is 12.0 Å². The number of rotatable bonds is 4. The highest BCUT2D eigenvalue weighted by atomic mass is 16.5. The fourth-order valence-electron chi connectivity index (χ4n) is 6.86. The van der Waals surface area contributed by atoms with Gasteiger partial charge in [0.1, 0.15) is 5.75 Å². The summed E-state index contributed by atoms with van der Waals surface area (Å²) in [5.41, 5.74) is 1.66. The number of ketones is 1. The topological polar surface area (TPSA) is 63.7 Å². The minimum atomic E-state index is -1.13. The standard InChI is InChI=1S/C30H25NO4/c1-29-22(18-12-6-4-7-13-18)23(19-14-8-5-9-15-19)30(2,28(29)34)25-24(29)26(32)31(27(25)33)20-16-10-11-17-21(20)35-3/h4-17,24-25H,1-3H3/t24-,25-,29+,30+/m1/s1. The van der Waals surface area contributed by atoms with Gasteiger partial charge >= 0.3 is 0 Å². The average molecular weight is 464 g/mol. The van der Waals surface area contributed by atoms with Crippen molar-refractivity contribution in [3.63, 3.8) is 0 Å². The number of carbonyl (C=O) groups excluding carboxylic acids is 3. The first kappa shape index (κ1) is 21.5. The van der Waals surface area contributed by atoms with Crippen LogP contribution in [0.1, 0.15) is 25.0 Å². The molecule has 35 heavy (non-hydrogen) atoms. The van der Waals surface area contributed by atoms with Gasteiger partial charge in [-0.05, 0) is 48.3 Å². The number of carbonyl (C=O) groups is 3. The van der Waals surface area contributed by atoms with E-state index in [9.17, 15) is 14.4 Å². The van der Waals surface area contributed by atoms with Gasteiger partial charge in [0.15, 0.2) is 5.78 Å². The van der Waals surface area contributed by atoms with Crippen LogP contribution in [0.15, 0.2) is 84.9 Å². The molecule has 2 fully saturated rings. The van der Waals surface area contributed by atoms with E-state index in [-0.39, 0.29) is 17.6 Å². The van der Waals surface area contributed by atoms with Crippen LogP contribution in [0.3, 0.4) is 0 Å². The average Bonchev–Trinajstić information content (AvgIpc) is 3.34. The van der Waals surface area contributed by atoms with Crippen LogP contribution >= 0.6 is 0 Å². The lowest BCUT2D eigenvalue weighted by Gasteiger charge is -2.35. The maximum atomic E-state index is 14.3. The van der Waals surface area contributed by atoms with Gasteiger partial charge in [-0.25, -0.2) is 4.90 Å². The lowest BCUT2D eigenvalue weighted by molar-refractivity contribution is -0.133. The normalized spacial score (nSPS) is 29.2. The minimum absolute atomic E-state index is 0.0564. The van der Waals surface area contributed by atoms with E-state index in [1.54, 1.807) is 24.3 Å². The van der Waals surface area contributed by atoms with Crippen molar-refractivity contribution in [3.05, 3.63) is 96.1 Å². The number of amides is 2. The quantitative estimate of drug-likeness (QED) is 0.510. The second-order valence-electron chi connectivity index (χ2n) is 9.85. The molecule has 3 aromatic carbocycles. The fraction of sp³-hybridized carbons (Fsp3) is 0.233. The molecule has 5 nitrogen and oxygen atoms in total. The molecule has 1 saturated carbocycles. The van der Waals surface area contributed by atoms with Crippen LogP contribution < -0.4 is 9.64 Å². The third kappa shape index (κ3) is 2.50. The Balaban J connectivity index is 1.62. The van der Waals surface area contributed by atoms with Crippen molar-refractivity contribution in [1.82, 2.24) is 0 Å². The van der Waals surface area contributed by atoms with E-state index in [1.165, 1.54) is 12.0 Å². The monoisotopic (exact) mass is 463 g/mol. The summed E-state index contributed by atoms with van der Waals surface area (Å²) in [6, 6.07) is 26.6. The number of imide groups is 1. The Morgan fingerprint density at radius 1 is 0.657 bits per heavy atom. The number of hydrogen-bond acceptors (Lipinski definition) is 4. The zero-order valence-electron chi connectivity index (χ0n) is 19.8. The van der Waals surface area contributed by atoms with Gasteiger partial charge in [-0.15, -0.1) is 0 Å². The molecule has 2 bridgehead atoms. The Morgan fingerprint density at radius 3 is 1.54 bits per heavy atom. The van der Waals surface area contributed by atoms with Crippen LogP contribution in [0, 0.1) is 22.7 Å². The Kier molecular flexibility index (Phi) is 4.46. The molecule has 3 aromatic rings. The molecule has 0 N–H and O–H groups in total. The summed E-state index contributed by atoms with van der Waals surface area (Å²) in [4.78, 5) is 43.6. The van der Waals surface area contributed by atoms with Crippen molar-refractivity contribution < 1.29 is 19.1 Å². The van der Waals surface area contributed by atoms with Gasteiger partial charge < -0.3 is 4.74 Å². The zero-order chi connectivity index (χ0) is 24.5. The van der Waals surface area contributed by atoms with Crippen molar-refractivity contribution in [3.8, 4) is 5.75 Å². The minimum Gasteiger partial charge on any atom is -0.495 e. The number of ether oxygens (including phenoxy) is 1. The number of nitrogens with zero attached hydrogens (tertiary/aromatic N) is 1. The van der Waals surface area contributed by atoms with E-state index < -0.39 is 22.7 Å². The van der Waals surface area contributed by atoms with Crippen LogP contribution in [0.4, 0.5) is 5.69 Å². The number of hydrogen-bond donors (Lipinski definition) is 0. The number of methoxy groups -OCH3 is 1. The highest BCUT2D eigenvalue weighted by molar-refractivity contribution is 6.34. The van der Waals surface area contributed by atoms with Crippen LogP contribution in [-0.2, 0) is 14.4 Å². The second-order valence-corrected chi connectivity index (χ2v) is 9.85. The number of benzene rings is 3. The zero-order valence-corrected chi connectivity index (χ0v) is 19.8. The van der Waals surface area contributed by atoms with Crippen molar-refractivity contribution in [2.24, 2.45) is 22.7 Å². The molecule has 174 valence electrons. The van der Waals surface area contributed by atoms with Crippen molar-refractivity contribution >= 4 is 34.4 Å². The van der Waals surface area contributed by atoms with E-state index in [1.807, 2.05) is 74.5 Å². The second kappa shape index (κ2) is 7.25. The van der Waals surface area contributed by atoms with Gasteiger partial charge in [-0.3, -0.25) is 14.4 Å². The Bertz CT molecular complexity index is 1340. The molecule has 1 aliphatic heterocycles. The first-order valence-corrected chi connectivity index (χ1v) is 11.8. The molecule has 0 radical (unpaired) electrons. The predicted octanol–water partition coefficient (Wildman–Crippen LogP) is 5.02. The van der Waals surface area contributed by atoms with Gasteiger partial charge in [0, 0.05) is 0 Å². The highest BCUT2D eigenvalue weighted by Gasteiger charge is 2.79. The molecule has 6 rings (SSSR count). The molecule has 0 unspecified atom stereocenters. The molecule has 2 aliphatic carbocycles. The molecule has 0 aromatic heterocycles. The number of Topliss-reactive ketones (excluding diaryl/α,β-unsaturated/α-hetero) is 1. The molecule has 1 heterocycles. The molecule has 5 heteroatoms. The summed E-state index contributed by atoms with van der Waals surface area (Å²) in [6.45, 7) is 3.71. The maximum Gasteiger partial charge on any atom is 0.239 e. The summed E-state index contributed by atoms with van der Waals surface area (Å²) in [5.74, 6) is -1.85. The SMILES string of the molecule is COc1ccccc1N1C(=O)[C@H]2[C@H](C1=O)[C@@]1(C)C(=O)[C@@]2(C)C(c2ccccc2)=C1c1ccccc1. The van der Waals surface area contributed by atoms with Gasteiger partial charge in [-0.1, -0.05) is 72.8 Å². The van der Waals surface area contributed by atoms with E-state index in [4.69, 9.17) is 4.74 Å². The largest absolute Gasteiger partial charge is 0.495 e. The number of para-hydroxylation sites is 2. The Morgan fingerprint density at radius 2 is 1.09 bits per heavy atom. The summed E-state index contributed by atoms with van der Waals surface area (Å²) < 4.78 is 5.47. The van der Waals surface area contributed by atoms with E-state index in [2.05, 4.69) is 0 Å². The van der Waals surface area contributed by atoms with E-state index in [0.29, 0.717) is 11.4 Å². The molecule has 0 spiro atoms. The Labute approximate surface area is 204 Å². The van der Waals surface area contributed by atoms with Gasteiger partial charge in [0.25, 0.3) is 0 Å². The molecule has 3 aliphatic rings. The van der Waals surface area contributed by atoms with E-state index >= 15 is 0 Å². The first-order valence-electron chi connectivity index (χ1n) is 11.8. The van der Waals surface area contributed by atoms with Crippen LogP contribution in [-0.4, -0.2) is 24.7 Å². The van der Waals surface area contributed by atoms with Gasteiger partial charge in [-0.2, -0.15) is 0 Å². The van der Waals surface area contributed by atoms with Crippen molar-refractivity contribution in [1.29, 1.82) is 0 Å². The van der Waals surface area contributed by atoms with Crippen LogP contribution in [0.2, 0.25) is 0 Å². The molecule has 1 saturated heterocycles. The number of anilines is 1. The van der Waals surface area contributed by atoms with E-state index in [0.717, 1.165) is 22.3 Å². The van der Waals surface area contributed by atoms with Gasteiger partial charge in [0.2, 0.25) is 11.8 Å². The summed E-state index contributed by atoms with van der Waals surface area (Å²) >= 11 is 0. The third-order valence-electron chi connectivity index (χ3n) is 8.23. The lowest BCUT2D eigenvalue weighted by Crippen LogP contribution is -2.40. The van der Waals surface area contributed by atoms with Gasteiger partial charge in [0.05, 0.1) is 35.5 Å². The van der Waals surface area contributed by atoms with Crippen LogP contribution in [0.5, 0.6) is 5.75 Å². The Hall–Kier alpha value is -3.99. The summed E-state index contributed by atoms with van der Waals surface area (Å²) in [5, 5.41) is 0. The van der Waals surface area contributed by atoms with Crippen molar-refractivity contribution in [2.45, 2.75) is 13.8 Å². The predicted molar refractivity (Wildman–Crippen MR) is 133 cm³/mol. The molecular formula is C30H25NO4.